The van der Waals surface area contributed by atoms with E-state index in [1.165, 1.54) is 18.3 Å². The van der Waals surface area contributed by atoms with Gasteiger partial charge in [0.1, 0.15) is 11.8 Å². The summed E-state index contributed by atoms with van der Waals surface area (Å²) in [6.45, 7) is 0. The monoisotopic (exact) mass is 312 g/mol. The SMILES string of the molecule is O=C(N[C@H](C(=O)O)C1Cc2ccccc2C1)c1ncccc1O. The van der Waals surface area contributed by atoms with E-state index in [1.54, 1.807) is 0 Å². The highest BCUT2D eigenvalue weighted by Crippen LogP contribution is 2.29. The van der Waals surface area contributed by atoms with E-state index in [-0.39, 0.29) is 17.4 Å². The number of hydrogen-bond acceptors (Lipinski definition) is 4. The third-order valence-corrected chi connectivity index (χ3v) is 4.11. The number of carboxylic acid groups (broad SMARTS) is 1. The number of pyridine rings is 1. The number of nitrogens with zero attached hydrogens (tertiary/aromatic N) is 1. The highest BCUT2D eigenvalue weighted by atomic mass is 16.4. The van der Waals surface area contributed by atoms with Crippen LogP contribution in [0.25, 0.3) is 0 Å². The van der Waals surface area contributed by atoms with Gasteiger partial charge in [0.15, 0.2) is 5.69 Å². The Kier molecular flexibility index (Phi) is 3.97. The second kappa shape index (κ2) is 6.08. The van der Waals surface area contributed by atoms with Crippen molar-refractivity contribution in [3.8, 4) is 5.75 Å². The number of fused-ring (bicyclic) bond motifs is 1. The smallest absolute Gasteiger partial charge is 0.326 e. The molecule has 0 saturated heterocycles. The zero-order valence-electron chi connectivity index (χ0n) is 12.3. The Labute approximate surface area is 132 Å². The molecule has 1 amide bonds. The molecule has 3 rings (SSSR count). The molecular weight excluding hydrogens is 296 g/mol. The molecule has 1 aromatic carbocycles. The van der Waals surface area contributed by atoms with Crippen LogP contribution in [-0.2, 0) is 17.6 Å². The number of benzene rings is 1. The Morgan fingerprint density at radius 1 is 1.13 bits per heavy atom. The van der Waals surface area contributed by atoms with Gasteiger partial charge in [-0.1, -0.05) is 24.3 Å². The van der Waals surface area contributed by atoms with Crippen molar-refractivity contribution in [3.05, 3.63) is 59.4 Å². The fourth-order valence-electron chi connectivity index (χ4n) is 2.99. The van der Waals surface area contributed by atoms with Crippen molar-refractivity contribution in [2.24, 2.45) is 5.92 Å². The maximum Gasteiger partial charge on any atom is 0.326 e. The molecule has 0 unspecified atom stereocenters. The van der Waals surface area contributed by atoms with Crippen LogP contribution in [0.5, 0.6) is 5.75 Å². The molecule has 6 heteroatoms. The fraction of sp³-hybridized carbons (Fsp3) is 0.235. The summed E-state index contributed by atoms with van der Waals surface area (Å²) in [5.41, 5.74) is 2.05. The van der Waals surface area contributed by atoms with Crippen molar-refractivity contribution in [1.82, 2.24) is 10.3 Å². The van der Waals surface area contributed by atoms with Crippen LogP contribution >= 0.6 is 0 Å². The summed E-state index contributed by atoms with van der Waals surface area (Å²) in [7, 11) is 0. The number of carbonyl (C=O) groups excluding carboxylic acids is 1. The molecule has 2 aromatic rings. The third kappa shape index (κ3) is 3.01. The first-order chi connectivity index (χ1) is 11.1. The Morgan fingerprint density at radius 3 is 2.35 bits per heavy atom. The van der Waals surface area contributed by atoms with Crippen molar-refractivity contribution >= 4 is 11.9 Å². The van der Waals surface area contributed by atoms with Gasteiger partial charge in [0, 0.05) is 6.20 Å². The van der Waals surface area contributed by atoms with Gasteiger partial charge >= 0.3 is 5.97 Å². The lowest BCUT2D eigenvalue weighted by Crippen LogP contribution is -2.46. The molecule has 3 N–H and O–H groups in total. The maximum absolute atomic E-state index is 12.2. The largest absolute Gasteiger partial charge is 0.505 e. The molecule has 1 aromatic heterocycles. The number of hydrogen-bond donors (Lipinski definition) is 3. The number of aromatic nitrogens is 1. The summed E-state index contributed by atoms with van der Waals surface area (Å²) in [5.74, 6) is -2.28. The van der Waals surface area contributed by atoms with Crippen molar-refractivity contribution in [2.45, 2.75) is 18.9 Å². The Hall–Kier alpha value is -2.89. The minimum Gasteiger partial charge on any atom is -0.505 e. The van der Waals surface area contributed by atoms with Gasteiger partial charge < -0.3 is 15.5 Å². The van der Waals surface area contributed by atoms with Gasteiger partial charge in [-0.05, 0) is 42.0 Å². The molecule has 23 heavy (non-hydrogen) atoms. The van der Waals surface area contributed by atoms with Crippen molar-refractivity contribution in [1.29, 1.82) is 0 Å². The van der Waals surface area contributed by atoms with Crippen LogP contribution in [0.3, 0.4) is 0 Å². The summed E-state index contributed by atoms with van der Waals surface area (Å²) >= 11 is 0. The number of carboxylic acids is 1. The van der Waals surface area contributed by atoms with Crippen LogP contribution in [0.1, 0.15) is 21.6 Å². The van der Waals surface area contributed by atoms with Gasteiger partial charge in [0.05, 0.1) is 0 Å². The first-order valence-electron chi connectivity index (χ1n) is 7.30. The lowest BCUT2D eigenvalue weighted by atomic mass is 9.96. The van der Waals surface area contributed by atoms with E-state index in [0.29, 0.717) is 12.8 Å². The van der Waals surface area contributed by atoms with E-state index < -0.39 is 17.9 Å². The summed E-state index contributed by atoms with van der Waals surface area (Å²) in [6.07, 6.45) is 2.57. The maximum atomic E-state index is 12.2. The summed E-state index contributed by atoms with van der Waals surface area (Å²) < 4.78 is 0. The molecule has 0 spiro atoms. The molecule has 6 nitrogen and oxygen atoms in total. The molecule has 0 fully saturated rings. The highest BCUT2D eigenvalue weighted by molar-refractivity contribution is 5.97. The van der Waals surface area contributed by atoms with E-state index in [9.17, 15) is 19.8 Å². The van der Waals surface area contributed by atoms with Gasteiger partial charge in [-0.3, -0.25) is 4.79 Å². The number of rotatable bonds is 4. The quantitative estimate of drug-likeness (QED) is 0.792. The topological polar surface area (TPSA) is 99.5 Å². The van der Waals surface area contributed by atoms with Crippen LogP contribution in [0.4, 0.5) is 0 Å². The van der Waals surface area contributed by atoms with Crippen molar-refractivity contribution < 1.29 is 19.8 Å². The van der Waals surface area contributed by atoms with E-state index >= 15 is 0 Å². The minimum atomic E-state index is -1.09. The molecule has 0 radical (unpaired) electrons. The number of aromatic hydroxyl groups is 1. The number of amides is 1. The van der Waals surface area contributed by atoms with E-state index in [1.807, 2.05) is 24.3 Å². The first-order valence-corrected chi connectivity index (χ1v) is 7.30. The van der Waals surface area contributed by atoms with E-state index in [4.69, 9.17) is 0 Å². The van der Waals surface area contributed by atoms with E-state index in [0.717, 1.165) is 11.1 Å². The molecule has 1 aliphatic carbocycles. The van der Waals surface area contributed by atoms with Crippen LogP contribution in [0.2, 0.25) is 0 Å². The third-order valence-electron chi connectivity index (χ3n) is 4.11. The van der Waals surface area contributed by atoms with Crippen molar-refractivity contribution in [2.75, 3.05) is 0 Å². The molecule has 118 valence electrons. The predicted molar refractivity (Wildman–Crippen MR) is 82.1 cm³/mol. The molecule has 1 heterocycles. The average molecular weight is 312 g/mol. The van der Waals surface area contributed by atoms with E-state index in [2.05, 4.69) is 10.3 Å². The van der Waals surface area contributed by atoms with Crippen LogP contribution in [0.15, 0.2) is 42.6 Å². The number of carbonyl (C=O) groups is 2. The fourth-order valence-corrected chi connectivity index (χ4v) is 2.99. The van der Waals surface area contributed by atoms with Crippen molar-refractivity contribution in [3.63, 3.8) is 0 Å². The van der Waals surface area contributed by atoms with Gasteiger partial charge in [-0.15, -0.1) is 0 Å². The molecule has 1 atom stereocenters. The molecule has 0 bridgehead atoms. The van der Waals surface area contributed by atoms with Gasteiger partial charge in [-0.2, -0.15) is 0 Å². The standard InChI is InChI=1S/C17H16N2O4/c20-13-6-3-7-18-15(13)16(21)19-14(17(22)23)12-8-10-4-1-2-5-11(10)9-12/h1-7,12,14,20H,8-9H2,(H,19,21)(H,22,23)/t14-/m0/s1. The minimum absolute atomic E-state index is 0.172. The van der Waals surface area contributed by atoms with Gasteiger partial charge in [0.25, 0.3) is 5.91 Å². The summed E-state index contributed by atoms with van der Waals surface area (Å²) in [6, 6.07) is 9.58. The normalized spacial score (nSPS) is 15.0. The molecule has 0 saturated carbocycles. The second-order valence-corrected chi connectivity index (χ2v) is 5.60. The predicted octanol–water partition coefficient (Wildman–Crippen LogP) is 1.39. The van der Waals surface area contributed by atoms with Crippen LogP contribution < -0.4 is 5.32 Å². The van der Waals surface area contributed by atoms with Gasteiger partial charge in [-0.25, -0.2) is 9.78 Å². The van der Waals surface area contributed by atoms with Crippen LogP contribution in [-0.4, -0.2) is 33.1 Å². The summed E-state index contributed by atoms with van der Waals surface area (Å²) in [5, 5.41) is 21.6. The summed E-state index contributed by atoms with van der Waals surface area (Å²) in [4.78, 5) is 27.6. The zero-order chi connectivity index (χ0) is 16.4. The Balaban J connectivity index is 1.78. The number of aliphatic carboxylic acids is 1. The average Bonchev–Trinajstić information content (AvgIpc) is 2.96. The zero-order valence-corrected chi connectivity index (χ0v) is 12.3. The number of nitrogens with one attached hydrogen (secondary N) is 1. The highest BCUT2D eigenvalue weighted by Gasteiger charge is 2.34. The second-order valence-electron chi connectivity index (χ2n) is 5.60. The Morgan fingerprint density at radius 2 is 1.78 bits per heavy atom. The van der Waals surface area contributed by atoms with Gasteiger partial charge in [0.2, 0.25) is 0 Å². The molecular formula is C17H16N2O4. The lowest BCUT2D eigenvalue weighted by molar-refractivity contribution is -0.140. The molecule has 1 aliphatic rings. The first kappa shape index (κ1) is 15.0. The Bertz CT molecular complexity index is 735. The lowest BCUT2D eigenvalue weighted by Gasteiger charge is -2.20. The molecule has 0 aliphatic heterocycles. The van der Waals surface area contributed by atoms with Crippen LogP contribution in [0, 0.1) is 5.92 Å².